The second kappa shape index (κ2) is 6.67. The number of aryl methyl sites for hydroxylation is 1. The predicted octanol–water partition coefficient (Wildman–Crippen LogP) is 2.77. The zero-order valence-corrected chi connectivity index (χ0v) is 14.0. The van der Waals surface area contributed by atoms with Crippen molar-refractivity contribution in [3.8, 4) is 23.1 Å². The predicted molar refractivity (Wildman–Crippen MR) is 87.6 cm³/mol. The molecule has 8 nitrogen and oxygen atoms in total. The summed E-state index contributed by atoms with van der Waals surface area (Å²) in [6, 6.07) is 4.97. The van der Waals surface area contributed by atoms with Crippen molar-refractivity contribution in [2.45, 2.75) is 6.92 Å². The van der Waals surface area contributed by atoms with Crippen molar-refractivity contribution < 1.29 is 18.7 Å². The van der Waals surface area contributed by atoms with Gasteiger partial charge in [-0.05, 0) is 19.1 Å². The zero-order chi connectivity index (χ0) is 17.1. The molecule has 9 heteroatoms. The van der Waals surface area contributed by atoms with Crippen LogP contribution in [-0.2, 0) is 0 Å². The lowest BCUT2D eigenvalue weighted by Gasteiger charge is -2.11. The number of aromatic nitrogens is 3. The van der Waals surface area contributed by atoms with Gasteiger partial charge in [0, 0.05) is 5.38 Å². The first-order valence-electron chi connectivity index (χ1n) is 6.90. The van der Waals surface area contributed by atoms with Gasteiger partial charge < -0.3 is 13.9 Å². The van der Waals surface area contributed by atoms with Gasteiger partial charge in [0.2, 0.25) is 0 Å². The number of amides is 1. The lowest BCUT2D eigenvalue weighted by molar-refractivity contribution is 0.102. The number of anilines is 1. The normalized spacial score (nSPS) is 10.5. The number of nitrogens with zero attached hydrogens (tertiary/aromatic N) is 3. The Labute approximate surface area is 141 Å². The minimum Gasteiger partial charge on any atom is -0.493 e. The van der Waals surface area contributed by atoms with Gasteiger partial charge in [-0.3, -0.25) is 10.1 Å². The molecule has 0 atom stereocenters. The molecule has 3 aromatic rings. The Balaban J connectivity index is 1.82. The molecule has 3 rings (SSSR count). The fraction of sp³-hybridized carbons (Fsp3) is 0.200. The SMILES string of the molecule is COc1cccc(C(=O)Nc2nnc(-c3csc(C)n3)o2)c1OC. The van der Waals surface area contributed by atoms with E-state index in [4.69, 9.17) is 13.9 Å². The van der Waals surface area contributed by atoms with Crippen molar-refractivity contribution in [2.75, 3.05) is 19.5 Å². The van der Waals surface area contributed by atoms with Gasteiger partial charge in [-0.15, -0.1) is 16.4 Å². The molecule has 0 aliphatic rings. The largest absolute Gasteiger partial charge is 0.493 e. The molecule has 0 fully saturated rings. The molecule has 2 aromatic heterocycles. The number of nitrogens with one attached hydrogen (secondary N) is 1. The van der Waals surface area contributed by atoms with Gasteiger partial charge in [-0.25, -0.2) is 4.98 Å². The van der Waals surface area contributed by atoms with E-state index < -0.39 is 5.91 Å². The third kappa shape index (κ3) is 3.06. The lowest BCUT2D eigenvalue weighted by Crippen LogP contribution is -2.13. The van der Waals surface area contributed by atoms with Gasteiger partial charge in [0.05, 0.1) is 24.8 Å². The van der Waals surface area contributed by atoms with Crippen molar-refractivity contribution in [3.05, 3.63) is 34.2 Å². The molecule has 1 aromatic carbocycles. The topological polar surface area (TPSA) is 99.4 Å². The third-order valence-electron chi connectivity index (χ3n) is 3.13. The van der Waals surface area contributed by atoms with Crippen LogP contribution in [0.4, 0.5) is 6.01 Å². The molecule has 0 unspecified atom stereocenters. The standard InChI is InChI=1S/C15H14N4O4S/c1-8-16-10(7-24-8)14-18-19-15(23-14)17-13(20)9-5-4-6-11(21-2)12(9)22-3/h4-7H,1-3H3,(H,17,19,20). The fourth-order valence-electron chi connectivity index (χ4n) is 2.07. The molecule has 0 bridgehead atoms. The van der Waals surface area contributed by atoms with E-state index in [1.54, 1.807) is 23.6 Å². The Kier molecular flexibility index (Phi) is 4.43. The summed E-state index contributed by atoms with van der Waals surface area (Å²) in [5, 5.41) is 12.9. The number of carbonyl (C=O) groups excluding carboxylic acids is 1. The first kappa shape index (κ1) is 15.9. The van der Waals surface area contributed by atoms with E-state index in [1.165, 1.54) is 25.6 Å². The van der Waals surface area contributed by atoms with Crippen LogP contribution in [0.5, 0.6) is 11.5 Å². The minimum absolute atomic E-state index is 0.0227. The molecule has 1 N–H and O–H groups in total. The molecular weight excluding hydrogens is 332 g/mol. The highest BCUT2D eigenvalue weighted by Gasteiger charge is 2.19. The number of carbonyl (C=O) groups is 1. The average Bonchev–Trinajstić information content (AvgIpc) is 3.22. The summed E-state index contributed by atoms with van der Waals surface area (Å²) in [6.45, 7) is 1.88. The second-order valence-electron chi connectivity index (χ2n) is 4.66. The molecule has 1 amide bonds. The summed E-state index contributed by atoms with van der Waals surface area (Å²) < 4.78 is 15.8. The van der Waals surface area contributed by atoms with Gasteiger partial charge in [0.1, 0.15) is 5.69 Å². The van der Waals surface area contributed by atoms with Crippen LogP contribution < -0.4 is 14.8 Å². The summed E-state index contributed by atoms with van der Waals surface area (Å²) in [7, 11) is 2.96. The fourth-order valence-corrected chi connectivity index (χ4v) is 2.66. The van der Waals surface area contributed by atoms with Crippen LogP contribution in [0.3, 0.4) is 0 Å². The molecule has 2 heterocycles. The van der Waals surface area contributed by atoms with Crippen LogP contribution in [0.2, 0.25) is 0 Å². The highest BCUT2D eigenvalue weighted by molar-refractivity contribution is 7.09. The quantitative estimate of drug-likeness (QED) is 0.758. The zero-order valence-electron chi connectivity index (χ0n) is 13.2. The Morgan fingerprint density at radius 2 is 2.08 bits per heavy atom. The molecule has 0 radical (unpaired) electrons. The summed E-state index contributed by atoms with van der Waals surface area (Å²) in [5.74, 6) is 0.573. The van der Waals surface area contributed by atoms with E-state index >= 15 is 0 Å². The molecule has 0 spiro atoms. The number of rotatable bonds is 5. The Morgan fingerprint density at radius 3 is 2.75 bits per heavy atom. The van der Waals surface area contributed by atoms with E-state index in [9.17, 15) is 4.79 Å². The van der Waals surface area contributed by atoms with Gasteiger partial charge in [-0.2, -0.15) is 0 Å². The van der Waals surface area contributed by atoms with E-state index in [1.807, 2.05) is 6.92 Å². The van der Waals surface area contributed by atoms with Gasteiger partial charge >= 0.3 is 6.01 Å². The van der Waals surface area contributed by atoms with Crippen molar-refractivity contribution >= 4 is 23.3 Å². The maximum atomic E-state index is 12.4. The number of para-hydroxylation sites is 1. The molecule has 0 aliphatic heterocycles. The van der Waals surface area contributed by atoms with Crippen molar-refractivity contribution in [1.29, 1.82) is 0 Å². The molecule has 0 aliphatic carbocycles. The monoisotopic (exact) mass is 346 g/mol. The molecule has 0 saturated carbocycles. The average molecular weight is 346 g/mol. The van der Waals surface area contributed by atoms with Crippen molar-refractivity contribution in [2.24, 2.45) is 0 Å². The first-order valence-corrected chi connectivity index (χ1v) is 7.78. The van der Waals surface area contributed by atoms with Crippen molar-refractivity contribution in [1.82, 2.24) is 15.2 Å². The van der Waals surface area contributed by atoms with Gasteiger partial charge in [0.25, 0.3) is 11.8 Å². The third-order valence-corrected chi connectivity index (χ3v) is 3.90. The van der Waals surface area contributed by atoms with E-state index in [-0.39, 0.29) is 11.9 Å². The maximum absolute atomic E-state index is 12.4. The van der Waals surface area contributed by atoms with Crippen LogP contribution >= 0.6 is 11.3 Å². The number of hydrogen-bond acceptors (Lipinski definition) is 8. The number of hydrogen-bond donors (Lipinski definition) is 1. The number of methoxy groups -OCH3 is 2. The summed E-state index contributed by atoms with van der Waals surface area (Å²) >= 11 is 1.47. The number of thiazole rings is 1. The molecule has 24 heavy (non-hydrogen) atoms. The Hall–Kier alpha value is -2.94. The molecular formula is C15H14N4O4S. The summed E-state index contributed by atoms with van der Waals surface area (Å²) in [6.07, 6.45) is 0. The smallest absolute Gasteiger partial charge is 0.322 e. The highest BCUT2D eigenvalue weighted by atomic mass is 32.1. The van der Waals surface area contributed by atoms with Crippen LogP contribution in [0.15, 0.2) is 28.0 Å². The van der Waals surface area contributed by atoms with E-state index in [2.05, 4.69) is 20.5 Å². The highest BCUT2D eigenvalue weighted by Crippen LogP contribution is 2.31. The van der Waals surface area contributed by atoms with Crippen LogP contribution in [0.25, 0.3) is 11.6 Å². The van der Waals surface area contributed by atoms with E-state index in [0.717, 1.165) is 5.01 Å². The van der Waals surface area contributed by atoms with Crippen LogP contribution in [-0.4, -0.2) is 35.3 Å². The van der Waals surface area contributed by atoms with Gasteiger partial charge in [0.15, 0.2) is 11.5 Å². The summed E-state index contributed by atoms with van der Waals surface area (Å²) in [4.78, 5) is 16.7. The summed E-state index contributed by atoms with van der Waals surface area (Å²) in [5.41, 5.74) is 0.866. The van der Waals surface area contributed by atoms with Crippen LogP contribution in [0.1, 0.15) is 15.4 Å². The van der Waals surface area contributed by atoms with Crippen LogP contribution in [0, 0.1) is 6.92 Å². The first-order chi connectivity index (χ1) is 11.6. The minimum atomic E-state index is -0.449. The maximum Gasteiger partial charge on any atom is 0.322 e. The lowest BCUT2D eigenvalue weighted by atomic mass is 10.1. The number of benzene rings is 1. The second-order valence-corrected chi connectivity index (χ2v) is 5.72. The van der Waals surface area contributed by atoms with Gasteiger partial charge in [-0.1, -0.05) is 11.2 Å². The Morgan fingerprint density at radius 1 is 1.25 bits per heavy atom. The van der Waals surface area contributed by atoms with Crippen molar-refractivity contribution in [3.63, 3.8) is 0 Å². The molecule has 0 saturated heterocycles. The number of ether oxygens (including phenoxy) is 2. The molecule has 124 valence electrons. The van der Waals surface area contributed by atoms with E-state index in [0.29, 0.717) is 22.8 Å². The Bertz CT molecular complexity index is 874.